The van der Waals surface area contributed by atoms with Gasteiger partial charge in [0, 0.05) is 33.4 Å². The molecule has 10 heteroatoms. The van der Waals surface area contributed by atoms with Gasteiger partial charge in [0.15, 0.2) is 0 Å². The van der Waals surface area contributed by atoms with E-state index >= 15 is 0 Å². The summed E-state index contributed by atoms with van der Waals surface area (Å²) < 4.78 is 17.0. The maximum atomic E-state index is 9.89. The molecule has 0 saturated heterocycles. The summed E-state index contributed by atoms with van der Waals surface area (Å²) in [6.07, 6.45) is 0. The lowest BCUT2D eigenvalue weighted by molar-refractivity contribution is 0.429. The summed E-state index contributed by atoms with van der Waals surface area (Å²) in [4.78, 5) is 13.9. The summed E-state index contributed by atoms with van der Waals surface area (Å²) in [5.74, 6) is 2.18. The van der Waals surface area contributed by atoms with Crippen molar-refractivity contribution in [3.8, 4) is 74.3 Å². The van der Waals surface area contributed by atoms with Crippen molar-refractivity contribution in [2.75, 3.05) is 0 Å². The molecule has 0 radical (unpaired) electrons. The van der Waals surface area contributed by atoms with E-state index in [1.807, 2.05) is 80.6 Å². The Labute approximate surface area is 239 Å². The molecule has 3 aromatic heterocycles. The highest BCUT2D eigenvalue weighted by molar-refractivity contribution is 5.75. The number of hydrogen-bond donors (Lipinski definition) is 1. The monoisotopic (exact) mass is 554 g/mol. The quantitative estimate of drug-likeness (QED) is 0.225. The van der Waals surface area contributed by atoms with E-state index in [0.29, 0.717) is 51.5 Å². The van der Waals surface area contributed by atoms with Gasteiger partial charge in [0.2, 0.25) is 17.5 Å². The van der Waals surface area contributed by atoms with Crippen LogP contribution in [0.5, 0.6) is 5.75 Å². The number of aromatic nitrogens is 6. The third-order valence-electron chi connectivity index (χ3n) is 6.61. The Bertz CT molecular complexity index is 1810. The van der Waals surface area contributed by atoms with Gasteiger partial charge in [0.05, 0.1) is 0 Å². The number of rotatable bonds is 6. The first-order valence-electron chi connectivity index (χ1n) is 13.1. The minimum atomic E-state index is 0.102. The molecule has 0 bridgehead atoms. The number of phenolic OH excluding ortho intramolecular Hbond substituents is 1. The molecule has 7 aromatic rings. The molecule has 0 spiro atoms. The molecular formula is C32H22N6O4. The van der Waals surface area contributed by atoms with E-state index in [9.17, 15) is 5.11 Å². The molecule has 3 heterocycles. The molecule has 7 rings (SSSR count). The standard InChI is InChI=1S/C32H22N6O4/c1-18-6-3-8-20(12-18)27-33-30(40-36-27)23-14-24(31-34-28(37-41-31)21-9-4-7-19(2)13-21)16-25(15-23)32-35-29(38-42-32)22-10-5-11-26(39)17-22/h3-17,39H,1-2H3. The number of aryl methyl sites for hydroxylation is 2. The number of nitrogens with zero attached hydrogens (tertiary/aromatic N) is 6. The van der Waals surface area contributed by atoms with Crippen LogP contribution in [-0.2, 0) is 0 Å². The van der Waals surface area contributed by atoms with Gasteiger partial charge >= 0.3 is 0 Å². The van der Waals surface area contributed by atoms with E-state index in [1.54, 1.807) is 24.3 Å². The maximum Gasteiger partial charge on any atom is 0.258 e. The van der Waals surface area contributed by atoms with Crippen LogP contribution in [0.1, 0.15) is 11.1 Å². The Morgan fingerprint density at radius 3 is 1.21 bits per heavy atom. The van der Waals surface area contributed by atoms with Crippen LogP contribution in [0.2, 0.25) is 0 Å². The molecule has 0 atom stereocenters. The van der Waals surface area contributed by atoms with Gasteiger partial charge in [-0.05, 0) is 56.3 Å². The van der Waals surface area contributed by atoms with E-state index in [1.165, 1.54) is 0 Å². The van der Waals surface area contributed by atoms with Crippen molar-refractivity contribution >= 4 is 0 Å². The van der Waals surface area contributed by atoms with Crippen LogP contribution in [0.25, 0.3) is 68.5 Å². The highest BCUT2D eigenvalue weighted by Gasteiger charge is 2.20. The zero-order valence-corrected chi connectivity index (χ0v) is 22.5. The predicted molar refractivity (Wildman–Crippen MR) is 154 cm³/mol. The zero-order valence-electron chi connectivity index (χ0n) is 22.5. The highest BCUT2D eigenvalue weighted by Crippen LogP contribution is 2.34. The van der Waals surface area contributed by atoms with Gasteiger partial charge in [0.1, 0.15) is 5.75 Å². The van der Waals surface area contributed by atoms with E-state index in [4.69, 9.17) is 13.6 Å². The minimum Gasteiger partial charge on any atom is -0.508 e. The predicted octanol–water partition coefficient (Wildman–Crippen LogP) is 7.16. The van der Waals surface area contributed by atoms with Crippen molar-refractivity contribution in [3.05, 3.63) is 102 Å². The Kier molecular flexibility index (Phi) is 6.12. The summed E-state index contributed by atoms with van der Waals surface area (Å²) in [6.45, 7) is 4.01. The second-order valence-corrected chi connectivity index (χ2v) is 9.86. The van der Waals surface area contributed by atoms with E-state index in [2.05, 4.69) is 30.4 Å². The third-order valence-corrected chi connectivity index (χ3v) is 6.61. The SMILES string of the molecule is Cc1cccc(-c2noc(-c3cc(-c4nc(-c5cccc(C)c5)no4)cc(-c4nc(-c5cccc(O)c5)no4)c3)n2)c1. The summed E-state index contributed by atoms with van der Waals surface area (Å²) in [5.41, 5.74) is 6.24. The largest absolute Gasteiger partial charge is 0.508 e. The zero-order chi connectivity index (χ0) is 28.6. The number of phenols is 1. The van der Waals surface area contributed by atoms with E-state index < -0.39 is 0 Å². The second kappa shape index (κ2) is 10.3. The van der Waals surface area contributed by atoms with Crippen LogP contribution in [0.3, 0.4) is 0 Å². The summed E-state index contributed by atoms with van der Waals surface area (Å²) >= 11 is 0. The second-order valence-electron chi connectivity index (χ2n) is 9.86. The van der Waals surface area contributed by atoms with Crippen LogP contribution >= 0.6 is 0 Å². The van der Waals surface area contributed by atoms with Crippen LogP contribution in [-0.4, -0.2) is 35.5 Å². The van der Waals surface area contributed by atoms with Crippen molar-refractivity contribution in [3.63, 3.8) is 0 Å². The van der Waals surface area contributed by atoms with Crippen LogP contribution < -0.4 is 0 Å². The van der Waals surface area contributed by atoms with Crippen molar-refractivity contribution in [2.45, 2.75) is 13.8 Å². The van der Waals surface area contributed by atoms with Gasteiger partial charge in [-0.2, -0.15) is 15.0 Å². The molecule has 4 aromatic carbocycles. The average molecular weight is 555 g/mol. The number of benzene rings is 4. The molecule has 10 nitrogen and oxygen atoms in total. The summed E-state index contributed by atoms with van der Waals surface area (Å²) in [5, 5.41) is 22.4. The molecule has 204 valence electrons. The third kappa shape index (κ3) is 4.92. The lowest BCUT2D eigenvalue weighted by Gasteiger charge is -2.02. The minimum absolute atomic E-state index is 0.102. The fraction of sp³-hybridized carbons (Fsp3) is 0.0625. The number of hydrogen-bond acceptors (Lipinski definition) is 10. The molecule has 0 amide bonds. The van der Waals surface area contributed by atoms with Crippen molar-refractivity contribution in [1.82, 2.24) is 30.4 Å². The lowest BCUT2D eigenvalue weighted by Crippen LogP contribution is -1.88. The molecule has 0 aliphatic heterocycles. The molecule has 0 unspecified atom stereocenters. The smallest absolute Gasteiger partial charge is 0.258 e. The molecule has 0 aliphatic carbocycles. The number of aromatic hydroxyl groups is 1. The molecule has 0 saturated carbocycles. The molecule has 1 N–H and O–H groups in total. The van der Waals surface area contributed by atoms with Crippen LogP contribution in [0, 0.1) is 13.8 Å². The van der Waals surface area contributed by atoms with Gasteiger partial charge in [-0.25, -0.2) is 0 Å². The first-order valence-corrected chi connectivity index (χ1v) is 13.1. The van der Waals surface area contributed by atoms with E-state index in [0.717, 1.165) is 22.3 Å². The van der Waals surface area contributed by atoms with Gasteiger partial charge in [-0.1, -0.05) is 75.1 Å². The summed E-state index contributed by atoms with van der Waals surface area (Å²) in [7, 11) is 0. The highest BCUT2D eigenvalue weighted by atomic mass is 16.5. The van der Waals surface area contributed by atoms with Crippen molar-refractivity contribution < 1.29 is 18.7 Å². The van der Waals surface area contributed by atoms with E-state index in [-0.39, 0.29) is 11.6 Å². The fourth-order valence-electron chi connectivity index (χ4n) is 4.59. The van der Waals surface area contributed by atoms with Gasteiger partial charge in [-0.15, -0.1) is 0 Å². The van der Waals surface area contributed by atoms with Crippen molar-refractivity contribution in [1.29, 1.82) is 0 Å². The normalized spacial score (nSPS) is 11.2. The molecule has 0 aliphatic rings. The Hall–Kier alpha value is -5.90. The first-order chi connectivity index (χ1) is 20.5. The van der Waals surface area contributed by atoms with Gasteiger partial charge in [-0.3, -0.25) is 0 Å². The van der Waals surface area contributed by atoms with Gasteiger partial charge < -0.3 is 18.7 Å². The lowest BCUT2D eigenvalue weighted by atomic mass is 10.0. The molecule has 0 fully saturated rings. The van der Waals surface area contributed by atoms with Crippen LogP contribution in [0.15, 0.2) is 105 Å². The Balaban J connectivity index is 1.32. The molecular weight excluding hydrogens is 532 g/mol. The maximum absolute atomic E-state index is 9.89. The van der Waals surface area contributed by atoms with Crippen LogP contribution in [0.4, 0.5) is 0 Å². The topological polar surface area (TPSA) is 137 Å². The van der Waals surface area contributed by atoms with Gasteiger partial charge in [0.25, 0.3) is 17.7 Å². The Morgan fingerprint density at radius 2 is 0.833 bits per heavy atom. The Morgan fingerprint density at radius 1 is 0.452 bits per heavy atom. The van der Waals surface area contributed by atoms with Crippen molar-refractivity contribution in [2.24, 2.45) is 0 Å². The summed E-state index contributed by atoms with van der Waals surface area (Å²) in [6, 6.07) is 27.8. The average Bonchev–Trinajstić information content (AvgIpc) is 3.78. The first kappa shape index (κ1) is 25.1. The fourth-order valence-corrected chi connectivity index (χ4v) is 4.59. The molecule has 42 heavy (non-hydrogen) atoms.